The van der Waals surface area contributed by atoms with Crippen LogP contribution in [-0.2, 0) is 12.8 Å². The molecule has 2 aromatic rings. The Bertz CT molecular complexity index is 818. The molecule has 3 N–H and O–H groups in total. The molecule has 0 aliphatic carbocycles. The Balaban J connectivity index is 1.75. The molecule has 4 nitrogen and oxygen atoms in total. The molecule has 0 radical (unpaired) electrons. The number of benzene rings is 2. The lowest BCUT2D eigenvalue weighted by atomic mass is 10.0. The van der Waals surface area contributed by atoms with E-state index in [0.717, 1.165) is 62.5 Å². The van der Waals surface area contributed by atoms with Crippen LogP contribution in [0.15, 0.2) is 42.5 Å². The maximum absolute atomic E-state index is 10.4. The average Bonchev–Trinajstić information content (AvgIpc) is 2.70. The van der Waals surface area contributed by atoms with Gasteiger partial charge in [-0.25, -0.2) is 0 Å². The molecule has 2 aliphatic heterocycles. The molecule has 2 aliphatic rings. The molecule has 0 amide bonds. The van der Waals surface area contributed by atoms with E-state index >= 15 is 0 Å². The minimum Gasteiger partial charge on any atom is -0.508 e. The van der Waals surface area contributed by atoms with Crippen molar-refractivity contribution in [2.75, 3.05) is 0 Å². The largest absolute Gasteiger partial charge is 0.508 e. The van der Waals surface area contributed by atoms with Crippen LogP contribution in [0.3, 0.4) is 0 Å². The predicted molar refractivity (Wildman–Crippen MR) is 121 cm³/mol. The molecule has 2 aromatic carbocycles. The third-order valence-corrected chi connectivity index (χ3v) is 5.62. The summed E-state index contributed by atoms with van der Waals surface area (Å²) >= 11 is 0. The van der Waals surface area contributed by atoms with Crippen LogP contribution in [0, 0.1) is 0 Å². The first-order valence-electron chi connectivity index (χ1n) is 11.3. The van der Waals surface area contributed by atoms with E-state index in [-0.39, 0.29) is 23.0 Å². The van der Waals surface area contributed by atoms with Crippen molar-refractivity contribution in [1.29, 1.82) is 0 Å². The van der Waals surface area contributed by atoms with E-state index in [4.69, 9.17) is 4.74 Å². The molecule has 0 unspecified atom stereocenters. The monoisotopic (exact) mass is 410 g/mol. The number of phenolic OH excluding ortho intramolecular Hbond substituents is 3. The van der Waals surface area contributed by atoms with Crippen LogP contribution in [0.25, 0.3) is 0 Å². The second-order valence-electron chi connectivity index (χ2n) is 8.28. The van der Waals surface area contributed by atoms with Crippen molar-refractivity contribution in [3.8, 4) is 28.7 Å². The van der Waals surface area contributed by atoms with Gasteiger partial charge in [-0.15, -0.1) is 0 Å². The fraction of sp³-hybridized carbons (Fsp3) is 0.462. The van der Waals surface area contributed by atoms with Crippen LogP contribution in [-0.4, -0.2) is 15.3 Å². The van der Waals surface area contributed by atoms with E-state index in [1.54, 1.807) is 18.2 Å². The van der Waals surface area contributed by atoms with E-state index < -0.39 is 0 Å². The molecular formula is C26H34O4. The van der Waals surface area contributed by atoms with Crippen molar-refractivity contribution in [3.05, 3.63) is 53.6 Å². The second-order valence-corrected chi connectivity index (χ2v) is 8.28. The van der Waals surface area contributed by atoms with Crippen molar-refractivity contribution in [3.63, 3.8) is 0 Å². The molecule has 0 aromatic heterocycles. The summed E-state index contributed by atoms with van der Waals surface area (Å²) in [7, 11) is 0. The van der Waals surface area contributed by atoms with Gasteiger partial charge in [0.05, 0.1) is 0 Å². The Kier molecular flexibility index (Phi) is 8.49. The van der Waals surface area contributed by atoms with Crippen LogP contribution < -0.4 is 4.74 Å². The molecule has 4 bridgehead atoms. The summed E-state index contributed by atoms with van der Waals surface area (Å²) in [6.45, 7) is 0. The van der Waals surface area contributed by atoms with Crippen LogP contribution in [0.1, 0.15) is 75.3 Å². The van der Waals surface area contributed by atoms with Gasteiger partial charge in [0.25, 0.3) is 0 Å². The van der Waals surface area contributed by atoms with Crippen molar-refractivity contribution in [2.24, 2.45) is 0 Å². The molecule has 30 heavy (non-hydrogen) atoms. The number of rotatable bonds is 0. The maximum Gasteiger partial charge on any atom is 0.210 e. The van der Waals surface area contributed by atoms with Crippen molar-refractivity contribution >= 4 is 0 Å². The molecule has 2 heterocycles. The highest BCUT2D eigenvalue weighted by molar-refractivity contribution is 5.54. The minimum atomic E-state index is -0.0798. The minimum absolute atomic E-state index is 0.0317. The third-order valence-electron chi connectivity index (χ3n) is 5.62. The number of phenols is 3. The first-order valence-corrected chi connectivity index (χ1v) is 11.3. The summed E-state index contributed by atoms with van der Waals surface area (Å²) in [5.74, 6) is 0.404. The Hall–Kier alpha value is -2.62. The number of hydrogen-bond donors (Lipinski definition) is 3. The van der Waals surface area contributed by atoms with E-state index in [1.165, 1.54) is 31.7 Å². The Morgan fingerprint density at radius 1 is 0.567 bits per heavy atom. The van der Waals surface area contributed by atoms with Gasteiger partial charge in [0.15, 0.2) is 11.5 Å². The Labute approximate surface area is 179 Å². The number of ether oxygens (including phenoxy) is 1. The van der Waals surface area contributed by atoms with Crippen molar-refractivity contribution in [2.45, 2.75) is 77.0 Å². The van der Waals surface area contributed by atoms with Gasteiger partial charge in [0.2, 0.25) is 5.75 Å². The van der Waals surface area contributed by atoms with E-state index in [9.17, 15) is 15.3 Å². The highest BCUT2D eigenvalue weighted by Gasteiger charge is 2.14. The van der Waals surface area contributed by atoms with Crippen LogP contribution in [0.5, 0.6) is 28.7 Å². The lowest BCUT2D eigenvalue weighted by molar-refractivity contribution is 0.373. The van der Waals surface area contributed by atoms with Crippen molar-refractivity contribution < 1.29 is 20.1 Å². The number of allylic oxidation sites excluding steroid dienone is 2. The lowest BCUT2D eigenvalue weighted by Crippen LogP contribution is -1.92. The highest BCUT2D eigenvalue weighted by Crippen LogP contribution is 2.41. The summed E-state index contributed by atoms with van der Waals surface area (Å²) in [4.78, 5) is 0. The standard InChI is InChI=1S/C26H34O4/c27-22-15-20-13-11-9-7-5-3-1-2-4-6-8-10-12-14-21-17-24(28)26(25(29)18-21)30-23(16-20)19-22/h1,3,15-19,27-29H,2,4-14H2/b3-1+. The summed E-state index contributed by atoms with van der Waals surface area (Å²) in [5, 5.41) is 30.9. The van der Waals surface area contributed by atoms with E-state index in [0.29, 0.717) is 5.75 Å². The summed E-state index contributed by atoms with van der Waals surface area (Å²) in [6.07, 6.45) is 17.8. The zero-order chi connectivity index (χ0) is 21.2. The van der Waals surface area contributed by atoms with Gasteiger partial charge in [-0.3, -0.25) is 0 Å². The SMILES string of the molecule is Oc1cc2cc(c1)Oc1c(O)cc(cc1O)CCCCCCC/C=C/CCCCC2. The van der Waals surface area contributed by atoms with Gasteiger partial charge in [-0.2, -0.15) is 0 Å². The quantitative estimate of drug-likeness (QED) is 0.403. The lowest BCUT2D eigenvalue weighted by Gasteiger charge is -2.13. The predicted octanol–water partition coefficient (Wildman–Crippen LogP) is 7.15. The fourth-order valence-corrected chi connectivity index (χ4v) is 3.99. The molecule has 4 rings (SSSR count). The highest BCUT2D eigenvalue weighted by atomic mass is 16.5. The normalized spacial score (nSPS) is 18.0. The van der Waals surface area contributed by atoms with E-state index in [2.05, 4.69) is 12.2 Å². The van der Waals surface area contributed by atoms with Crippen LogP contribution in [0.4, 0.5) is 0 Å². The average molecular weight is 411 g/mol. The maximum atomic E-state index is 10.4. The first-order chi connectivity index (χ1) is 14.6. The number of hydrogen-bond acceptors (Lipinski definition) is 4. The summed E-state index contributed by atoms with van der Waals surface area (Å²) in [5.41, 5.74) is 1.89. The van der Waals surface area contributed by atoms with Crippen LogP contribution >= 0.6 is 0 Å². The molecule has 0 saturated carbocycles. The number of aromatic hydroxyl groups is 3. The van der Waals surface area contributed by atoms with Gasteiger partial charge >= 0.3 is 0 Å². The molecular weight excluding hydrogens is 376 g/mol. The summed E-state index contributed by atoms with van der Waals surface area (Å²) in [6, 6.07) is 8.43. The van der Waals surface area contributed by atoms with Gasteiger partial charge in [-0.05, 0) is 86.8 Å². The Morgan fingerprint density at radius 2 is 1.10 bits per heavy atom. The summed E-state index contributed by atoms with van der Waals surface area (Å²) < 4.78 is 5.76. The molecule has 4 heteroatoms. The number of fused-ring (bicyclic) bond motifs is 14. The topological polar surface area (TPSA) is 69.9 Å². The van der Waals surface area contributed by atoms with Gasteiger partial charge in [0, 0.05) is 6.07 Å². The van der Waals surface area contributed by atoms with Gasteiger partial charge in [-0.1, -0.05) is 37.8 Å². The number of aryl methyl sites for hydroxylation is 2. The van der Waals surface area contributed by atoms with Gasteiger partial charge in [0.1, 0.15) is 11.5 Å². The van der Waals surface area contributed by atoms with E-state index in [1.807, 2.05) is 6.07 Å². The fourth-order valence-electron chi connectivity index (χ4n) is 3.99. The molecule has 0 fully saturated rings. The zero-order valence-corrected chi connectivity index (χ0v) is 17.8. The zero-order valence-electron chi connectivity index (χ0n) is 17.8. The smallest absolute Gasteiger partial charge is 0.210 e. The molecule has 0 saturated heterocycles. The second kappa shape index (κ2) is 11.5. The molecule has 0 atom stereocenters. The van der Waals surface area contributed by atoms with Gasteiger partial charge < -0.3 is 20.1 Å². The Morgan fingerprint density at radius 3 is 1.77 bits per heavy atom. The molecule has 0 spiro atoms. The van der Waals surface area contributed by atoms with Crippen LogP contribution in [0.2, 0.25) is 0 Å². The molecule has 162 valence electrons. The first kappa shape index (κ1) is 22.1. The third kappa shape index (κ3) is 7.01. The van der Waals surface area contributed by atoms with Crippen molar-refractivity contribution in [1.82, 2.24) is 0 Å².